The van der Waals surface area contributed by atoms with Gasteiger partial charge in [0, 0.05) is 50.4 Å². The molecular formula is C24H28ClN5O4. The number of anilines is 1. The van der Waals surface area contributed by atoms with Crippen LogP contribution in [-0.2, 0) is 19.1 Å². The summed E-state index contributed by atoms with van der Waals surface area (Å²) in [5, 5.41) is 0.608. The number of imide groups is 1. The summed E-state index contributed by atoms with van der Waals surface area (Å²) < 4.78 is 4.95. The number of halogens is 1. The molecule has 2 aromatic rings. The number of amides is 3. The summed E-state index contributed by atoms with van der Waals surface area (Å²) >= 11 is 6.25. The third-order valence-corrected chi connectivity index (χ3v) is 6.32. The second-order valence-corrected chi connectivity index (χ2v) is 9.09. The van der Waals surface area contributed by atoms with Crippen LogP contribution in [-0.4, -0.2) is 77.9 Å². The summed E-state index contributed by atoms with van der Waals surface area (Å²) in [6, 6.07) is 7.26. The van der Waals surface area contributed by atoms with E-state index in [1.807, 2.05) is 48.2 Å². The molecule has 2 saturated heterocycles. The maximum Gasteiger partial charge on any atom is 0.255 e. The summed E-state index contributed by atoms with van der Waals surface area (Å²) in [5.74, 6) is -0.370. The Balaban J connectivity index is 1.63. The lowest BCUT2D eigenvalue weighted by atomic mass is 9.93. The van der Waals surface area contributed by atoms with Crippen LogP contribution >= 0.6 is 11.6 Å². The van der Waals surface area contributed by atoms with Crippen LogP contribution < -0.4 is 4.90 Å². The quantitative estimate of drug-likeness (QED) is 0.580. The lowest BCUT2D eigenvalue weighted by Gasteiger charge is -2.37. The fraction of sp³-hybridized carbons (Fsp3) is 0.458. The van der Waals surface area contributed by atoms with Crippen LogP contribution in [0, 0.1) is 0 Å². The van der Waals surface area contributed by atoms with E-state index < -0.39 is 11.8 Å². The zero-order chi connectivity index (χ0) is 24.2. The molecular weight excluding hydrogens is 458 g/mol. The predicted octanol–water partition coefficient (Wildman–Crippen LogP) is 2.69. The van der Waals surface area contributed by atoms with Gasteiger partial charge in [0.15, 0.2) is 0 Å². The Morgan fingerprint density at radius 1 is 1.21 bits per heavy atom. The van der Waals surface area contributed by atoms with Crippen molar-refractivity contribution in [3.63, 3.8) is 0 Å². The molecule has 9 nitrogen and oxygen atoms in total. The van der Waals surface area contributed by atoms with Gasteiger partial charge in [0.2, 0.25) is 11.9 Å². The predicted molar refractivity (Wildman–Crippen MR) is 127 cm³/mol. The first kappa shape index (κ1) is 24.1. The highest BCUT2D eigenvalue weighted by molar-refractivity contribution is 6.30. The fourth-order valence-corrected chi connectivity index (χ4v) is 4.56. The maximum atomic E-state index is 13.3. The standard InChI is InChI=1S/C24H28ClN5O4/c1-28(2)24-26-13-18(16-6-5-7-17(25)12-16)23(27-24)19-8-3-4-10-29(19)20(31)9-11-30-21(32)14-34-15-22(30)33/h5-7,12-13,19H,3-4,8-11,14-15H2,1-2H3. The molecule has 0 saturated carbocycles. The fourth-order valence-electron chi connectivity index (χ4n) is 4.37. The summed E-state index contributed by atoms with van der Waals surface area (Å²) in [6.07, 6.45) is 4.46. The second-order valence-electron chi connectivity index (χ2n) is 8.65. The Labute approximate surface area is 203 Å². The number of likely N-dealkylation sites (tertiary alicyclic amines) is 1. The number of carbonyl (C=O) groups is 3. The van der Waals surface area contributed by atoms with Crippen molar-refractivity contribution in [1.29, 1.82) is 0 Å². The van der Waals surface area contributed by atoms with Crippen molar-refractivity contribution in [3.05, 3.63) is 41.2 Å². The molecule has 2 aliphatic heterocycles. The molecule has 0 aliphatic carbocycles. The lowest BCUT2D eigenvalue weighted by molar-refractivity contribution is -0.158. The van der Waals surface area contributed by atoms with E-state index in [0.29, 0.717) is 17.5 Å². The van der Waals surface area contributed by atoms with Gasteiger partial charge in [-0.05, 0) is 37.0 Å². The molecule has 3 heterocycles. The van der Waals surface area contributed by atoms with Gasteiger partial charge >= 0.3 is 0 Å². The molecule has 180 valence electrons. The number of ether oxygens (including phenoxy) is 1. The number of nitrogens with zero attached hydrogens (tertiary/aromatic N) is 5. The Hall–Kier alpha value is -3.04. The number of benzene rings is 1. The van der Waals surface area contributed by atoms with E-state index >= 15 is 0 Å². The number of hydrogen-bond acceptors (Lipinski definition) is 7. The van der Waals surface area contributed by atoms with Crippen LogP contribution in [0.3, 0.4) is 0 Å². The van der Waals surface area contributed by atoms with Crippen LogP contribution in [0.1, 0.15) is 37.4 Å². The molecule has 2 fully saturated rings. The van der Waals surface area contributed by atoms with Crippen molar-refractivity contribution in [2.45, 2.75) is 31.7 Å². The van der Waals surface area contributed by atoms with Gasteiger partial charge in [-0.2, -0.15) is 0 Å². The van der Waals surface area contributed by atoms with E-state index in [2.05, 4.69) is 4.98 Å². The summed E-state index contributed by atoms with van der Waals surface area (Å²) in [5.41, 5.74) is 2.49. The molecule has 34 heavy (non-hydrogen) atoms. The van der Waals surface area contributed by atoms with Crippen LogP contribution in [0.2, 0.25) is 5.02 Å². The molecule has 1 aromatic heterocycles. The monoisotopic (exact) mass is 485 g/mol. The van der Waals surface area contributed by atoms with E-state index in [-0.39, 0.29) is 38.1 Å². The Morgan fingerprint density at radius 3 is 2.68 bits per heavy atom. The first-order chi connectivity index (χ1) is 16.3. The Bertz CT molecular complexity index is 1080. The van der Waals surface area contributed by atoms with Crippen molar-refractivity contribution in [2.24, 2.45) is 0 Å². The van der Waals surface area contributed by atoms with E-state index in [1.54, 1.807) is 6.20 Å². The average molecular weight is 486 g/mol. The van der Waals surface area contributed by atoms with Crippen LogP contribution in [0.25, 0.3) is 11.1 Å². The van der Waals surface area contributed by atoms with Gasteiger partial charge in [0.1, 0.15) is 13.2 Å². The Kier molecular flexibility index (Phi) is 7.43. The number of carbonyl (C=O) groups excluding carboxylic acids is 3. The molecule has 1 aromatic carbocycles. The minimum Gasteiger partial charge on any atom is -0.362 e. The van der Waals surface area contributed by atoms with Crippen molar-refractivity contribution < 1.29 is 19.1 Å². The van der Waals surface area contributed by atoms with Gasteiger partial charge in [-0.1, -0.05) is 23.7 Å². The number of rotatable bonds is 6. The van der Waals surface area contributed by atoms with Crippen molar-refractivity contribution in [2.75, 3.05) is 45.3 Å². The molecule has 0 N–H and O–H groups in total. The smallest absolute Gasteiger partial charge is 0.255 e. The molecule has 2 aliphatic rings. The molecule has 0 radical (unpaired) electrons. The summed E-state index contributed by atoms with van der Waals surface area (Å²) in [7, 11) is 3.75. The summed E-state index contributed by atoms with van der Waals surface area (Å²) in [6.45, 7) is 0.370. The van der Waals surface area contributed by atoms with Crippen LogP contribution in [0.15, 0.2) is 30.5 Å². The molecule has 0 bridgehead atoms. The highest BCUT2D eigenvalue weighted by Gasteiger charge is 2.33. The molecule has 1 unspecified atom stereocenters. The molecule has 1 atom stereocenters. The molecule has 10 heteroatoms. The SMILES string of the molecule is CN(C)c1ncc(-c2cccc(Cl)c2)c(C2CCCCN2C(=O)CCN2C(=O)COCC2=O)n1. The maximum absolute atomic E-state index is 13.3. The first-order valence-corrected chi connectivity index (χ1v) is 11.7. The summed E-state index contributed by atoms with van der Waals surface area (Å²) in [4.78, 5) is 51.5. The number of morpholine rings is 1. The van der Waals surface area contributed by atoms with Gasteiger partial charge in [-0.25, -0.2) is 9.97 Å². The molecule has 0 spiro atoms. The van der Waals surface area contributed by atoms with Crippen molar-refractivity contribution >= 4 is 35.3 Å². The normalized spacial score (nSPS) is 18.9. The zero-order valence-electron chi connectivity index (χ0n) is 19.4. The first-order valence-electron chi connectivity index (χ1n) is 11.4. The van der Waals surface area contributed by atoms with E-state index in [9.17, 15) is 14.4 Å². The van der Waals surface area contributed by atoms with E-state index in [1.165, 1.54) is 0 Å². The van der Waals surface area contributed by atoms with Gasteiger partial charge < -0.3 is 14.5 Å². The zero-order valence-corrected chi connectivity index (χ0v) is 20.1. The topological polar surface area (TPSA) is 95.9 Å². The molecule has 3 amide bonds. The molecule has 4 rings (SSSR count). The van der Waals surface area contributed by atoms with Crippen molar-refractivity contribution in [1.82, 2.24) is 19.8 Å². The number of aromatic nitrogens is 2. The van der Waals surface area contributed by atoms with Gasteiger partial charge in [0.05, 0.1) is 11.7 Å². The number of hydrogen-bond donors (Lipinski definition) is 0. The third kappa shape index (κ3) is 5.20. The van der Waals surface area contributed by atoms with Gasteiger partial charge in [0.25, 0.3) is 11.8 Å². The third-order valence-electron chi connectivity index (χ3n) is 6.08. The Morgan fingerprint density at radius 2 is 1.97 bits per heavy atom. The largest absolute Gasteiger partial charge is 0.362 e. The number of piperidine rings is 1. The van der Waals surface area contributed by atoms with Gasteiger partial charge in [-0.3, -0.25) is 19.3 Å². The highest BCUT2D eigenvalue weighted by Crippen LogP contribution is 2.37. The van der Waals surface area contributed by atoms with E-state index in [4.69, 9.17) is 21.3 Å². The lowest BCUT2D eigenvalue weighted by Crippen LogP contribution is -2.48. The van der Waals surface area contributed by atoms with Crippen LogP contribution in [0.5, 0.6) is 0 Å². The minimum atomic E-state index is -0.408. The van der Waals surface area contributed by atoms with Crippen LogP contribution in [0.4, 0.5) is 5.95 Å². The minimum absolute atomic E-state index is 0.0525. The van der Waals surface area contributed by atoms with E-state index in [0.717, 1.165) is 41.0 Å². The second kappa shape index (κ2) is 10.5. The van der Waals surface area contributed by atoms with Gasteiger partial charge in [-0.15, -0.1) is 0 Å². The average Bonchev–Trinajstić information content (AvgIpc) is 2.83. The van der Waals surface area contributed by atoms with Crippen molar-refractivity contribution in [3.8, 4) is 11.1 Å². The highest BCUT2D eigenvalue weighted by atomic mass is 35.5.